The quantitative estimate of drug-likeness (QED) is 0.480. The fraction of sp³-hybridized carbons (Fsp3) is 0.211. The molecule has 0 saturated carbocycles. The number of aromatic nitrogens is 2. The average Bonchev–Trinajstić information content (AvgIpc) is 3.13. The fourth-order valence-corrected chi connectivity index (χ4v) is 2.60. The molecule has 3 N–H and O–H groups in total. The second-order valence-corrected chi connectivity index (χ2v) is 5.84. The van der Waals surface area contributed by atoms with Gasteiger partial charge in [-0.05, 0) is 36.8 Å². The molecular weight excluding hydrogens is 367 g/mol. The Morgan fingerprint density at radius 3 is 2.82 bits per heavy atom. The fourth-order valence-electron chi connectivity index (χ4n) is 2.60. The number of ether oxygens (including phenoxy) is 1. The number of halogens is 1. The van der Waals surface area contributed by atoms with Crippen molar-refractivity contribution in [2.75, 3.05) is 30.8 Å². The second kappa shape index (κ2) is 8.85. The number of nitrogens with one attached hydrogen (secondary N) is 2. The van der Waals surface area contributed by atoms with Crippen LogP contribution in [0.15, 0.2) is 47.2 Å². The maximum atomic E-state index is 13.6. The Bertz CT molecular complexity index is 946. The van der Waals surface area contributed by atoms with E-state index in [4.69, 9.17) is 9.26 Å². The van der Waals surface area contributed by atoms with Crippen LogP contribution in [-0.4, -0.2) is 41.4 Å². The molecule has 3 aromatic rings. The molecule has 3 rings (SSSR count). The molecule has 0 aliphatic rings. The second-order valence-electron chi connectivity index (χ2n) is 5.84. The summed E-state index contributed by atoms with van der Waals surface area (Å²) in [5.74, 6) is -1.62. The smallest absolute Gasteiger partial charge is 0.343 e. The molecule has 0 spiro atoms. The van der Waals surface area contributed by atoms with Crippen molar-refractivity contribution in [2.24, 2.45) is 0 Å². The predicted molar refractivity (Wildman–Crippen MR) is 101 cm³/mol. The van der Waals surface area contributed by atoms with Crippen molar-refractivity contribution >= 4 is 17.5 Å². The van der Waals surface area contributed by atoms with Crippen molar-refractivity contribution in [1.29, 1.82) is 0 Å². The number of pyridine rings is 1. The van der Waals surface area contributed by atoms with Gasteiger partial charge in [0.05, 0.1) is 12.8 Å². The number of carbonyl (C=O) groups is 1. The van der Waals surface area contributed by atoms with Crippen LogP contribution in [0.5, 0.6) is 5.75 Å². The number of aromatic carboxylic acids is 1. The third kappa shape index (κ3) is 4.37. The van der Waals surface area contributed by atoms with E-state index in [2.05, 4.69) is 20.8 Å². The molecular formula is C19H19FN4O4. The van der Waals surface area contributed by atoms with E-state index in [1.165, 1.54) is 25.3 Å². The molecule has 8 nitrogen and oxygen atoms in total. The first-order valence-corrected chi connectivity index (χ1v) is 8.54. The van der Waals surface area contributed by atoms with E-state index >= 15 is 0 Å². The zero-order chi connectivity index (χ0) is 19.9. The van der Waals surface area contributed by atoms with Crippen molar-refractivity contribution in [3.63, 3.8) is 0 Å². The highest BCUT2D eigenvalue weighted by molar-refractivity contribution is 5.99. The lowest BCUT2D eigenvalue weighted by molar-refractivity contribution is 0.0698. The number of hydrogen-bond acceptors (Lipinski definition) is 7. The van der Waals surface area contributed by atoms with Gasteiger partial charge < -0.3 is 25.0 Å². The predicted octanol–water partition coefficient (Wildman–Crippen LogP) is 3.50. The molecule has 0 unspecified atom stereocenters. The molecule has 0 bridgehead atoms. The zero-order valence-electron chi connectivity index (χ0n) is 15.1. The van der Waals surface area contributed by atoms with E-state index in [-0.39, 0.29) is 22.9 Å². The highest BCUT2D eigenvalue weighted by atomic mass is 19.1. The summed E-state index contributed by atoms with van der Waals surface area (Å²) < 4.78 is 23.7. The Morgan fingerprint density at radius 2 is 2.11 bits per heavy atom. The van der Waals surface area contributed by atoms with E-state index < -0.39 is 11.8 Å². The minimum Gasteiger partial charge on any atom is -0.494 e. The minimum atomic E-state index is -1.20. The van der Waals surface area contributed by atoms with Crippen LogP contribution in [-0.2, 0) is 0 Å². The molecule has 0 aliphatic carbocycles. The SMILES string of the molecule is COc1cc(-c2onc(NCCCNc3cccnc3)c2C(=O)O)ccc1F. The molecule has 0 fully saturated rings. The van der Waals surface area contributed by atoms with Crippen LogP contribution in [0.1, 0.15) is 16.8 Å². The molecule has 9 heteroatoms. The van der Waals surface area contributed by atoms with Gasteiger partial charge in [-0.25, -0.2) is 9.18 Å². The van der Waals surface area contributed by atoms with Gasteiger partial charge in [-0.3, -0.25) is 4.98 Å². The summed E-state index contributed by atoms with van der Waals surface area (Å²) >= 11 is 0. The van der Waals surface area contributed by atoms with E-state index in [1.54, 1.807) is 12.4 Å². The van der Waals surface area contributed by atoms with Crippen LogP contribution < -0.4 is 15.4 Å². The van der Waals surface area contributed by atoms with Gasteiger partial charge in [0.2, 0.25) is 0 Å². The van der Waals surface area contributed by atoms with E-state index in [0.717, 1.165) is 5.69 Å². The Hall–Kier alpha value is -3.62. The summed E-state index contributed by atoms with van der Waals surface area (Å²) in [5, 5.41) is 19.5. The number of benzene rings is 1. The van der Waals surface area contributed by atoms with Crippen molar-refractivity contribution in [2.45, 2.75) is 6.42 Å². The van der Waals surface area contributed by atoms with Crippen molar-refractivity contribution in [3.05, 3.63) is 54.1 Å². The first kappa shape index (κ1) is 19.2. The van der Waals surface area contributed by atoms with Gasteiger partial charge in [-0.2, -0.15) is 0 Å². The van der Waals surface area contributed by atoms with Gasteiger partial charge in [-0.15, -0.1) is 0 Å². The number of hydrogen-bond donors (Lipinski definition) is 3. The average molecular weight is 386 g/mol. The van der Waals surface area contributed by atoms with Crippen molar-refractivity contribution in [1.82, 2.24) is 10.1 Å². The molecule has 0 amide bonds. The minimum absolute atomic E-state index is 0.0128. The lowest BCUT2D eigenvalue weighted by Crippen LogP contribution is -2.11. The Kier molecular flexibility index (Phi) is 6.05. The molecule has 0 atom stereocenters. The van der Waals surface area contributed by atoms with E-state index in [9.17, 15) is 14.3 Å². The summed E-state index contributed by atoms with van der Waals surface area (Å²) in [6.07, 6.45) is 4.12. The topological polar surface area (TPSA) is 110 Å². The number of nitrogens with zero attached hydrogens (tertiary/aromatic N) is 2. The lowest BCUT2D eigenvalue weighted by atomic mass is 10.1. The Balaban J connectivity index is 1.66. The monoisotopic (exact) mass is 386 g/mol. The van der Waals surface area contributed by atoms with Gasteiger partial charge in [0.25, 0.3) is 0 Å². The van der Waals surface area contributed by atoms with E-state index in [1.807, 2.05) is 12.1 Å². The lowest BCUT2D eigenvalue weighted by Gasteiger charge is -2.07. The van der Waals surface area contributed by atoms with Crippen molar-refractivity contribution in [3.8, 4) is 17.1 Å². The number of anilines is 2. The summed E-state index contributed by atoms with van der Waals surface area (Å²) in [4.78, 5) is 15.7. The van der Waals surface area contributed by atoms with Gasteiger partial charge in [-0.1, -0.05) is 5.16 Å². The van der Waals surface area contributed by atoms with Crippen LogP contribution in [0, 0.1) is 5.82 Å². The highest BCUT2D eigenvalue weighted by Crippen LogP contribution is 2.32. The summed E-state index contributed by atoms with van der Waals surface area (Å²) in [6, 6.07) is 7.70. The number of carboxylic acids is 1. The molecule has 1 aromatic carbocycles. The largest absolute Gasteiger partial charge is 0.494 e. The van der Waals surface area contributed by atoms with Gasteiger partial charge in [0.1, 0.15) is 0 Å². The molecule has 2 aromatic heterocycles. The molecule has 0 saturated heterocycles. The number of rotatable bonds is 9. The normalized spacial score (nSPS) is 10.5. The van der Waals surface area contributed by atoms with Crippen LogP contribution in [0.25, 0.3) is 11.3 Å². The molecule has 0 radical (unpaired) electrons. The summed E-state index contributed by atoms with van der Waals surface area (Å²) in [5.41, 5.74) is 1.14. The summed E-state index contributed by atoms with van der Waals surface area (Å²) in [6.45, 7) is 1.15. The van der Waals surface area contributed by atoms with E-state index in [0.29, 0.717) is 25.1 Å². The van der Waals surface area contributed by atoms with Crippen molar-refractivity contribution < 1.29 is 23.6 Å². The van der Waals surface area contributed by atoms with Gasteiger partial charge in [0, 0.05) is 31.0 Å². The van der Waals surface area contributed by atoms with Crippen LogP contribution in [0.3, 0.4) is 0 Å². The van der Waals surface area contributed by atoms with Gasteiger partial charge >= 0.3 is 5.97 Å². The number of carboxylic acid groups (broad SMARTS) is 1. The van der Waals surface area contributed by atoms with Gasteiger partial charge in [0.15, 0.2) is 28.7 Å². The molecule has 28 heavy (non-hydrogen) atoms. The van der Waals surface area contributed by atoms with Crippen LogP contribution >= 0.6 is 0 Å². The Labute approximate surface area is 160 Å². The maximum Gasteiger partial charge on any atom is 0.343 e. The zero-order valence-corrected chi connectivity index (χ0v) is 15.1. The Morgan fingerprint density at radius 1 is 1.29 bits per heavy atom. The molecule has 0 aliphatic heterocycles. The third-order valence-corrected chi connectivity index (χ3v) is 3.96. The summed E-state index contributed by atoms with van der Waals surface area (Å²) in [7, 11) is 1.33. The first-order chi connectivity index (χ1) is 13.6. The number of methoxy groups -OCH3 is 1. The maximum absolute atomic E-state index is 13.6. The highest BCUT2D eigenvalue weighted by Gasteiger charge is 2.24. The molecule has 2 heterocycles. The third-order valence-electron chi connectivity index (χ3n) is 3.96. The van der Waals surface area contributed by atoms with Crippen LogP contribution in [0.2, 0.25) is 0 Å². The van der Waals surface area contributed by atoms with Crippen LogP contribution in [0.4, 0.5) is 15.9 Å². The standard InChI is InChI=1S/C19H19FN4O4/c1-27-15-10-12(5-6-14(15)20)17-16(19(25)26)18(24-28-17)23-9-3-8-22-13-4-2-7-21-11-13/h2,4-7,10-11,22H,3,8-9H2,1H3,(H,23,24)(H,25,26). The first-order valence-electron chi connectivity index (χ1n) is 8.54. The molecule has 146 valence electrons.